The molecule has 6 aliphatic rings. The average molecular weight is 610 g/mol. The second-order valence-electron chi connectivity index (χ2n) is 11.1. The number of hydrogen-bond acceptors (Lipinski definition) is 8. The van der Waals surface area contributed by atoms with Crippen LogP contribution in [0.2, 0.25) is 36.5 Å². The molecule has 14 heteroatoms. The SMILES string of the molecule is [CH3][Sn]([CH3])([CH3])[C]12C3([N+](=O)[O-])C4C5([N+](=O)[O-])C3C1([N+](=O)[O-])[C]5([Sn]([CH3])([CH3])[CH3])C42[N+](=O)[O-]. The molecular formula is C14H20N4O8Sn2. The number of nitro groups is 4. The molecular weight excluding hydrogens is 590 g/mol. The summed E-state index contributed by atoms with van der Waals surface area (Å²) in [7, 11) is 0. The van der Waals surface area contributed by atoms with Gasteiger partial charge in [-0.1, -0.05) is 0 Å². The Balaban J connectivity index is 1.97. The Morgan fingerprint density at radius 3 is 0.964 bits per heavy atom. The normalized spacial score (nSPS) is 56.1. The summed E-state index contributed by atoms with van der Waals surface area (Å²) in [4.78, 5) is 58.1. The van der Waals surface area contributed by atoms with Crippen LogP contribution in [0.3, 0.4) is 0 Å². The predicted octanol–water partition coefficient (Wildman–Crippen LogP) is 1.51. The Morgan fingerprint density at radius 1 is 0.571 bits per heavy atom. The third-order valence-electron chi connectivity index (χ3n) is 9.51. The van der Waals surface area contributed by atoms with Gasteiger partial charge in [0.2, 0.25) is 0 Å². The third kappa shape index (κ3) is 0.857. The molecule has 0 saturated heterocycles. The fourth-order valence-electron chi connectivity index (χ4n) is 10.8. The van der Waals surface area contributed by atoms with Gasteiger partial charge < -0.3 is 0 Å². The van der Waals surface area contributed by atoms with Gasteiger partial charge in [-0.3, -0.25) is 0 Å². The maximum absolute atomic E-state index is 12.6. The first-order valence-corrected chi connectivity index (χ1v) is 29.1. The fraction of sp³-hybridized carbons (Fsp3) is 1.00. The zero-order valence-electron chi connectivity index (χ0n) is 16.2. The molecule has 0 bridgehead atoms. The van der Waals surface area contributed by atoms with Crippen molar-refractivity contribution in [1.29, 1.82) is 0 Å². The van der Waals surface area contributed by atoms with E-state index in [4.69, 9.17) is 0 Å². The molecule has 0 amide bonds. The predicted molar refractivity (Wildman–Crippen MR) is 98.0 cm³/mol. The fourth-order valence-corrected chi connectivity index (χ4v) is 39.8. The molecule has 6 saturated carbocycles. The summed E-state index contributed by atoms with van der Waals surface area (Å²) in [6, 6.07) is 0. The van der Waals surface area contributed by atoms with Gasteiger partial charge in [0, 0.05) is 0 Å². The maximum atomic E-state index is 12.6. The monoisotopic (exact) mass is 612 g/mol. The van der Waals surface area contributed by atoms with E-state index in [2.05, 4.69) is 0 Å². The van der Waals surface area contributed by atoms with Crippen LogP contribution in [0.15, 0.2) is 0 Å². The van der Waals surface area contributed by atoms with Crippen molar-refractivity contribution >= 4 is 36.8 Å². The van der Waals surface area contributed by atoms with Crippen LogP contribution >= 0.6 is 0 Å². The van der Waals surface area contributed by atoms with E-state index in [0.717, 1.165) is 0 Å². The zero-order chi connectivity index (χ0) is 21.5. The number of rotatable bonds is 6. The molecule has 12 nitrogen and oxygen atoms in total. The van der Waals surface area contributed by atoms with Crippen LogP contribution in [0.5, 0.6) is 0 Å². The van der Waals surface area contributed by atoms with Gasteiger partial charge in [-0.2, -0.15) is 0 Å². The number of hydrogen-bond donors (Lipinski definition) is 0. The average Bonchev–Trinajstić information content (AvgIpc) is 2.48. The molecule has 152 valence electrons. The third-order valence-corrected chi connectivity index (χ3v) is 29.0. The van der Waals surface area contributed by atoms with Gasteiger partial charge in [-0.25, -0.2) is 0 Å². The molecule has 0 unspecified atom stereocenters. The van der Waals surface area contributed by atoms with Crippen LogP contribution in [0, 0.1) is 52.3 Å². The molecule has 28 heavy (non-hydrogen) atoms. The van der Waals surface area contributed by atoms with E-state index in [0.29, 0.717) is 0 Å². The van der Waals surface area contributed by atoms with E-state index in [1.807, 2.05) is 0 Å². The van der Waals surface area contributed by atoms with Crippen LogP contribution in [-0.2, 0) is 0 Å². The van der Waals surface area contributed by atoms with Crippen molar-refractivity contribution in [1.82, 2.24) is 0 Å². The zero-order valence-corrected chi connectivity index (χ0v) is 21.9. The van der Waals surface area contributed by atoms with Crippen molar-refractivity contribution in [2.45, 2.75) is 58.7 Å². The Labute approximate surface area is 166 Å². The van der Waals surface area contributed by atoms with Crippen LogP contribution in [0.25, 0.3) is 0 Å². The first-order valence-electron chi connectivity index (χ1n) is 9.09. The summed E-state index contributed by atoms with van der Waals surface area (Å²) in [6.45, 7) is 0. The van der Waals surface area contributed by atoms with Gasteiger partial charge in [0.15, 0.2) is 0 Å². The molecule has 0 radical (unpaired) electrons. The summed E-state index contributed by atoms with van der Waals surface area (Å²) in [5.74, 6) is -2.63. The van der Waals surface area contributed by atoms with Crippen LogP contribution < -0.4 is 0 Å². The minimum atomic E-state index is -3.80. The summed E-state index contributed by atoms with van der Waals surface area (Å²) in [5, 5.41) is 49.7. The Kier molecular flexibility index (Phi) is 2.68. The van der Waals surface area contributed by atoms with Gasteiger partial charge >= 0.3 is 167 Å². The molecule has 0 N–H and O–H groups in total. The summed E-state index contributed by atoms with van der Waals surface area (Å²) in [5.41, 5.74) is -7.42. The molecule has 0 aromatic rings. The molecule has 0 aromatic heterocycles. The van der Waals surface area contributed by atoms with Crippen molar-refractivity contribution in [3.63, 3.8) is 0 Å². The molecule has 0 heterocycles. The van der Waals surface area contributed by atoms with Crippen LogP contribution in [0.4, 0.5) is 0 Å². The first-order chi connectivity index (χ1) is 12.5. The molecule has 0 atom stereocenters. The van der Waals surface area contributed by atoms with Crippen molar-refractivity contribution in [3.8, 4) is 0 Å². The quantitative estimate of drug-likeness (QED) is 0.248. The standard InChI is InChI=1S/C8H2N4O8.6CH3.2Sn/c13-9(14)5-1-6(10(15)16)2(5)8(12(19)20)3(5)7(1,4(6)8)11(17)18;;;;;;;;/h1-2H;6*1H3;;. The van der Waals surface area contributed by atoms with E-state index in [1.165, 1.54) is 0 Å². The van der Waals surface area contributed by atoms with Crippen molar-refractivity contribution in [2.75, 3.05) is 0 Å². The topological polar surface area (TPSA) is 173 Å². The van der Waals surface area contributed by atoms with Crippen molar-refractivity contribution in [3.05, 3.63) is 40.5 Å². The molecule has 0 aliphatic heterocycles. The van der Waals surface area contributed by atoms with Crippen molar-refractivity contribution in [2.24, 2.45) is 11.8 Å². The van der Waals surface area contributed by atoms with Crippen LogP contribution in [0.1, 0.15) is 0 Å². The second-order valence-corrected chi connectivity index (χ2v) is 41.0. The van der Waals surface area contributed by atoms with Crippen LogP contribution in [-0.4, -0.2) is 78.6 Å². The van der Waals surface area contributed by atoms with E-state index in [1.54, 1.807) is 29.6 Å². The van der Waals surface area contributed by atoms with Gasteiger partial charge in [-0.05, 0) is 0 Å². The summed E-state index contributed by atoms with van der Waals surface area (Å²) < 4.78 is -3.20. The minimum absolute atomic E-state index is 0.539. The first kappa shape index (κ1) is 19.2. The Hall–Kier alpha value is -0.803. The molecule has 0 spiro atoms. The van der Waals surface area contributed by atoms with Gasteiger partial charge in [0.25, 0.3) is 0 Å². The summed E-state index contributed by atoms with van der Waals surface area (Å²) in [6.07, 6.45) is 0. The second kappa shape index (κ2) is 3.91. The molecule has 6 aliphatic carbocycles. The van der Waals surface area contributed by atoms with E-state index in [9.17, 15) is 40.5 Å². The number of nitrogens with zero attached hydrogens (tertiary/aromatic N) is 4. The van der Waals surface area contributed by atoms with E-state index < -0.39 is 97.3 Å². The molecule has 6 rings (SSSR count). The summed E-state index contributed by atoms with van der Waals surface area (Å²) >= 11 is -7.60. The molecule has 6 fully saturated rings. The van der Waals surface area contributed by atoms with E-state index in [-0.39, 0.29) is 0 Å². The van der Waals surface area contributed by atoms with Gasteiger partial charge in [-0.15, -0.1) is 0 Å². The molecule has 0 aromatic carbocycles. The van der Waals surface area contributed by atoms with E-state index >= 15 is 0 Å². The van der Waals surface area contributed by atoms with Crippen molar-refractivity contribution < 1.29 is 19.7 Å². The van der Waals surface area contributed by atoms with Gasteiger partial charge in [0.1, 0.15) is 0 Å². The Morgan fingerprint density at radius 2 is 0.821 bits per heavy atom. The Bertz CT molecular complexity index is 887. The van der Waals surface area contributed by atoms with Gasteiger partial charge in [0.05, 0.1) is 0 Å².